The molecule has 1 radical (unpaired) electrons. The molecule has 2 nitrogen and oxygen atoms in total. The summed E-state index contributed by atoms with van der Waals surface area (Å²) < 4.78 is 3.04. The predicted octanol–water partition coefficient (Wildman–Crippen LogP) is 3.23. The zero-order valence-corrected chi connectivity index (χ0v) is 10.2. The van der Waals surface area contributed by atoms with Gasteiger partial charge in [-0.1, -0.05) is 27.7 Å². The van der Waals surface area contributed by atoms with Gasteiger partial charge >= 0.3 is 0 Å². The highest BCUT2D eigenvalue weighted by Crippen LogP contribution is 2.24. The fourth-order valence-corrected chi connectivity index (χ4v) is 2.11. The average molecular weight is 244 g/mol. The molecule has 1 rings (SSSR count). The van der Waals surface area contributed by atoms with Gasteiger partial charge in [-0.15, -0.1) is 0 Å². The Morgan fingerprint density at radius 1 is 1.38 bits per heavy atom. The summed E-state index contributed by atoms with van der Waals surface area (Å²) in [6.45, 7) is 9.70. The Bertz CT molecular complexity index is 276. The van der Waals surface area contributed by atoms with E-state index in [9.17, 15) is 0 Å². The van der Waals surface area contributed by atoms with Crippen molar-refractivity contribution in [2.24, 2.45) is 5.92 Å². The van der Waals surface area contributed by atoms with E-state index >= 15 is 0 Å². The highest BCUT2D eigenvalue weighted by molar-refractivity contribution is 9.10. The lowest BCUT2D eigenvalue weighted by Crippen LogP contribution is -2.10. The van der Waals surface area contributed by atoms with E-state index in [1.165, 1.54) is 5.69 Å². The summed E-state index contributed by atoms with van der Waals surface area (Å²) in [6.07, 6.45) is 2.95. The quantitative estimate of drug-likeness (QED) is 0.798. The van der Waals surface area contributed by atoms with E-state index in [0.717, 1.165) is 11.0 Å². The van der Waals surface area contributed by atoms with Crippen molar-refractivity contribution in [2.75, 3.05) is 0 Å². The maximum atomic E-state index is 4.22. The van der Waals surface area contributed by atoms with E-state index in [1.807, 2.05) is 4.68 Å². The fourth-order valence-electron chi connectivity index (χ4n) is 1.37. The van der Waals surface area contributed by atoms with Crippen molar-refractivity contribution in [1.29, 1.82) is 0 Å². The molecule has 0 aromatic carbocycles. The van der Waals surface area contributed by atoms with Crippen LogP contribution < -0.4 is 0 Å². The first-order chi connectivity index (χ1) is 6.02. The van der Waals surface area contributed by atoms with Gasteiger partial charge in [0.25, 0.3) is 0 Å². The molecule has 0 spiro atoms. The van der Waals surface area contributed by atoms with Gasteiger partial charge in [-0.2, -0.15) is 5.10 Å². The van der Waals surface area contributed by atoms with Crippen LogP contribution in [-0.4, -0.2) is 9.78 Å². The van der Waals surface area contributed by atoms with Crippen LogP contribution >= 0.6 is 15.9 Å². The molecule has 0 aliphatic carbocycles. The molecule has 13 heavy (non-hydrogen) atoms. The van der Waals surface area contributed by atoms with Gasteiger partial charge in [0, 0.05) is 6.54 Å². The van der Waals surface area contributed by atoms with Crippen LogP contribution in [0.3, 0.4) is 0 Å². The molecular formula is C10H16BrN2. The van der Waals surface area contributed by atoms with Crippen LogP contribution in [0.5, 0.6) is 0 Å². The first-order valence-corrected chi connectivity index (χ1v) is 5.45. The maximum Gasteiger partial charge on any atom is 0.128 e. The standard InChI is InChI=1S/C10H16BrN2/c1-7(2)6-13-10(8(3)4)9(11)5-12-13/h7-8H,6H2,1-4H3. The van der Waals surface area contributed by atoms with Crippen molar-refractivity contribution < 1.29 is 0 Å². The van der Waals surface area contributed by atoms with Gasteiger partial charge in [0.1, 0.15) is 6.20 Å². The highest BCUT2D eigenvalue weighted by atomic mass is 79.9. The van der Waals surface area contributed by atoms with Gasteiger partial charge in [0.15, 0.2) is 0 Å². The lowest BCUT2D eigenvalue weighted by atomic mass is 10.1. The number of rotatable bonds is 3. The Hall–Kier alpha value is -0.310. The van der Waals surface area contributed by atoms with Gasteiger partial charge in [-0.25, -0.2) is 0 Å². The van der Waals surface area contributed by atoms with Gasteiger partial charge in [-0.3, -0.25) is 4.68 Å². The number of nitrogens with zero attached hydrogens (tertiary/aromatic N) is 2. The topological polar surface area (TPSA) is 17.8 Å². The molecule has 0 N–H and O–H groups in total. The molecule has 1 heterocycles. The van der Waals surface area contributed by atoms with Crippen LogP contribution in [0.15, 0.2) is 4.47 Å². The summed E-state index contributed by atoms with van der Waals surface area (Å²) in [7, 11) is 0. The molecule has 73 valence electrons. The van der Waals surface area contributed by atoms with Crippen LogP contribution in [-0.2, 0) is 6.54 Å². The van der Waals surface area contributed by atoms with Crippen molar-refractivity contribution in [1.82, 2.24) is 9.78 Å². The summed E-state index contributed by atoms with van der Waals surface area (Å²) in [4.78, 5) is 0. The van der Waals surface area contributed by atoms with E-state index in [1.54, 1.807) is 0 Å². The van der Waals surface area contributed by atoms with Crippen LogP contribution in [0, 0.1) is 12.1 Å². The Balaban J connectivity index is 2.94. The predicted molar refractivity (Wildman–Crippen MR) is 57.7 cm³/mol. The van der Waals surface area contributed by atoms with Crippen molar-refractivity contribution in [3.63, 3.8) is 0 Å². The first kappa shape index (κ1) is 10.8. The summed E-state index contributed by atoms with van der Waals surface area (Å²) >= 11 is 3.47. The van der Waals surface area contributed by atoms with E-state index in [-0.39, 0.29) is 0 Å². The molecule has 0 saturated heterocycles. The second kappa shape index (κ2) is 4.27. The van der Waals surface area contributed by atoms with E-state index < -0.39 is 0 Å². The van der Waals surface area contributed by atoms with Gasteiger partial charge in [0.05, 0.1) is 10.2 Å². The first-order valence-electron chi connectivity index (χ1n) is 4.66. The van der Waals surface area contributed by atoms with Crippen LogP contribution in [0.2, 0.25) is 0 Å². The van der Waals surface area contributed by atoms with E-state index in [4.69, 9.17) is 0 Å². The van der Waals surface area contributed by atoms with Crippen molar-refractivity contribution in [2.45, 2.75) is 40.2 Å². The lowest BCUT2D eigenvalue weighted by Gasteiger charge is -2.12. The normalized spacial score (nSPS) is 11.6. The minimum atomic E-state index is 0.492. The number of hydrogen-bond donors (Lipinski definition) is 0. The molecule has 1 aromatic heterocycles. The zero-order valence-electron chi connectivity index (χ0n) is 8.63. The molecule has 0 unspecified atom stereocenters. The van der Waals surface area contributed by atoms with Crippen LogP contribution in [0.25, 0.3) is 0 Å². The molecule has 0 bridgehead atoms. The van der Waals surface area contributed by atoms with Crippen molar-refractivity contribution in [3.8, 4) is 0 Å². The molecule has 0 atom stereocenters. The van der Waals surface area contributed by atoms with Crippen LogP contribution in [0.1, 0.15) is 39.3 Å². The maximum absolute atomic E-state index is 4.22. The number of halogens is 1. The number of aromatic nitrogens is 2. The third kappa shape index (κ3) is 2.56. The SMILES string of the molecule is CC(C)Cn1n[c]c(Br)c1C(C)C. The smallest absolute Gasteiger partial charge is 0.128 e. The summed E-state index contributed by atoms with van der Waals surface area (Å²) in [5, 5.41) is 4.22. The lowest BCUT2D eigenvalue weighted by molar-refractivity contribution is 0.461. The summed E-state index contributed by atoms with van der Waals surface area (Å²) in [6, 6.07) is 0. The second-order valence-electron chi connectivity index (χ2n) is 4.04. The highest BCUT2D eigenvalue weighted by Gasteiger charge is 2.13. The molecule has 0 aliphatic heterocycles. The fraction of sp³-hybridized carbons (Fsp3) is 0.700. The van der Waals surface area contributed by atoms with Crippen LogP contribution in [0.4, 0.5) is 0 Å². The largest absolute Gasteiger partial charge is 0.267 e. The summed E-state index contributed by atoms with van der Waals surface area (Å²) in [5.74, 6) is 1.12. The minimum absolute atomic E-state index is 0.492. The van der Waals surface area contributed by atoms with E-state index in [2.05, 4.69) is 54.9 Å². The van der Waals surface area contributed by atoms with Gasteiger partial charge < -0.3 is 0 Å². The minimum Gasteiger partial charge on any atom is -0.267 e. The van der Waals surface area contributed by atoms with Crippen molar-refractivity contribution in [3.05, 3.63) is 16.4 Å². The third-order valence-corrected chi connectivity index (χ3v) is 2.44. The Kier molecular flexibility index (Phi) is 3.54. The molecule has 0 saturated carbocycles. The zero-order chi connectivity index (χ0) is 10.0. The van der Waals surface area contributed by atoms with Gasteiger partial charge in [0.2, 0.25) is 0 Å². The Labute approximate surface area is 88.5 Å². The Morgan fingerprint density at radius 2 is 2.00 bits per heavy atom. The molecule has 3 heteroatoms. The summed E-state index contributed by atoms with van der Waals surface area (Å²) in [5.41, 5.74) is 1.24. The molecule has 0 amide bonds. The Morgan fingerprint density at radius 3 is 2.46 bits per heavy atom. The monoisotopic (exact) mass is 243 g/mol. The van der Waals surface area contributed by atoms with Gasteiger partial charge in [-0.05, 0) is 27.8 Å². The number of hydrogen-bond acceptors (Lipinski definition) is 1. The van der Waals surface area contributed by atoms with Crippen molar-refractivity contribution >= 4 is 15.9 Å². The third-order valence-electron chi connectivity index (χ3n) is 1.86. The molecule has 0 aliphatic rings. The molecule has 0 fully saturated rings. The average Bonchev–Trinajstić information content (AvgIpc) is 2.30. The van der Waals surface area contributed by atoms with E-state index in [0.29, 0.717) is 11.8 Å². The molecule has 1 aromatic rings. The second-order valence-corrected chi connectivity index (χ2v) is 4.83. The molecular weight excluding hydrogens is 228 g/mol.